The van der Waals surface area contributed by atoms with E-state index < -0.39 is 0 Å². The van der Waals surface area contributed by atoms with E-state index >= 15 is 0 Å². The van der Waals surface area contributed by atoms with Crippen molar-refractivity contribution in [2.24, 2.45) is 5.92 Å². The Bertz CT molecular complexity index is 570. The van der Waals surface area contributed by atoms with Gasteiger partial charge in [-0.2, -0.15) is 5.26 Å². The maximum absolute atomic E-state index is 9.36. The van der Waals surface area contributed by atoms with Crippen LogP contribution in [-0.2, 0) is 0 Å². The van der Waals surface area contributed by atoms with Crippen LogP contribution in [-0.4, -0.2) is 13.7 Å². The van der Waals surface area contributed by atoms with Crippen LogP contribution in [0.4, 0.5) is 0 Å². The van der Waals surface area contributed by atoms with Crippen LogP contribution in [0.1, 0.15) is 57.6 Å². The summed E-state index contributed by atoms with van der Waals surface area (Å²) >= 11 is 0. The van der Waals surface area contributed by atoms with E-state index in [2.05, 4.69) is 19.9 Å². The second-order valence-electron chi connectivity index (χ2n) is 5.86. The van der Waals surface area contributed by atoms with Gasteiger partial charge in [-0.15, -0.1) is 0 Å². The lowest BCUT2D eigenvalue weighted by Crippen LogP contribution is -2.12. The topological polar surface area (TPSA) is 42.2 Å². The summed E-state index contributed by atoms with van der Waals surface area (Å²) in [6.07, 6.45) is 6.55. The average Bonchev–Trinajstić information content (AvgIpc) is 2.57. The number of rotatable bonds is 9. The third-order valence-electron chi connectivity index (χ3n) is 4.21. The van der Waals surface area contributed by atoms with Gasteiger partial charge in [-0.1, -0.05) is 39.2 Å². The molecule has 1 aromatic rings. The summed E-state index contributed by atoms with van der Waals surface area (Å²) in [4.78, 5) is 0. The number of allylic oxidation sites excluding steroid dienone is 2. The first-order valence-electron chi connectivity index (χ1n) is 8.49. The van der Waals surface area contributed by atoms with Crippen LogP contribution in [0.2, 0.25) is 0 Å². The van der Waals surface area contributed by atoms with Crippen molar-refractivity contribution in [1.29, 1.82) is 5.26 Å². The van der Waals surface area contributed by atoms with Crippen LogP contribution in [0.3, 0.4) is 0 Å². The molecule has 0 aliphatic heterocycles. The van der Waals surface area contributed by atoms with E-state index in [1.54, 1.807) is 7.11 Å². The molecule has 3 heteroatoms. The van der Waals surface area contributed by atoms with Gasteiger partial charge in [0.25, 0.3) is 0 Å². The van der Waals surface area contributed by atoms with Crippen molar-refractivity contribution in [3.8, 4) is 17.6 Å². The van der Waals surface area contributed by atoms with Crippen molar-refractivity contribution < 1.29 is 9.47 Å². The first kappa shape index (κ1) is 19.1. The van der Waals surface area contributed by atoms with Gasteiger partial charge in [0.2, 0.25) is 0 Å². The van der Waals surface area contributed by atoms with E-state index in [0.29, 0.717) is 18.1 Å². The van der Waals surface area contributed by atoms with E-state index in [-0.39, 0.29) is 0 Å². The molecule has 0 amide bonds. The minimum Gasteiger partial charge on any atom is -0.496 e. The highest BCUT2D eigenvalue weighted by Crippen LogP contribution is 2.33. The Balaban J connectivity index is 3.04. The van der Waals surface area contributed by atoms with Crippen molar-refractivity contribution in [3.63, 3.8) is 0 Å². The van der Waals surface area contributed by atoms with Gasteiger partial charge in [0.15, 0.2) is 0 Å². The van der Waals surface area contributed by atoms with Gasteiger partial charge in [0.1, 0.15) is 11.5 Å². The Hall–Kier alpha value is -1.95. The van der Waals surface area contributed by atoms with E-state index in [1.165, 1.54) is 19.3 Å². The lowest BCUT2D eigenvalue weighted by Gasteiger charge is -2.19. The third kappa shape index (κ3) is 5.32. The van der Waals surface area contributed by atoms with Gasteiger partial charge in [-0.25, -0.2) is 0 Å². The number of aryl methyl sites for hydroxylation is 1. The van der Waals surface area contributed by atoms with Gasteiger partial charge in [0, 0.05) is 5.56 Å². The van der Waals surface area contributed by atoms with Gasteiger partial charge in [-0.3, -0.25) is 0 Å². The molecule has 1 rings (SSSR count). The zero-order valence-corrected chi connectivity index (χ0v) is 15.1. The van der Waals surface area contributed by atoms with Crippen molar-refractivity contribution in [2.75, 3.05) is 13.7 Å². The first-order valence-corrected chi connectivity index (χ1v) is 8.49. The standard InChI is InChI=1S/C20H29NO2/c1-6-9-10-16(7-2)14-23-20-11-15(4)19(22-5)12-18(20)17(8-3)13-21/h8,11-12,16H,6-7,9-10,14H2,1-5H3. The van der Waals surface area contributed by atoms with Gasteiger partial charge in [-0.05, 0) is 43.9 Å². The number of methoxy groups -OCH3 is 1. The fourth-order valence-corrected chi connectivity index (χ4v) is 2.60. The number of benzene rings is 1. The van der Waals surface area contributed by atoms with Gasteiger partial charge in [0.05, 0.1) is 25.4 Å². The van der Waals surface area contributed by atoms with Gasteiger partial charge >= 0.3 is 0 Å². The molecule has 3 nitrogen and oxygen atoms in total. The number of hydrogen-bond donors (Lipinski definition) is 0. The summed E-state index contributed by atoms with van der Waals surface area (Å²) < 4.78 is 11.5. The maximum atomic E-state index is 9.36. The largest absolute Gasteiger partial charge is 0.496 e. The SMILES string of the molecule is CC=C(C#N)c1cc(OC)c(C)cc1OCC(CC)CCCC. The molecule has 0 saturated heterocycles. The highest BCUT2D eigenvalue weighted by Gasteiger charge is 2.15. The monoisotopic (exact) mass is 315 g/mol. The summed E-state index contributed by atoms with van der Waals surface area (Å²) in [7, 11) is 1.65. The second-order valence-corrected chi connectivity index (χ2v) is 5.86. The Labute approximate surface area is 140 Å². The first-order chi connectivity index (χ1) is 11.1. The number of unbranched alkanes of at least 4 members (excludes halogenated alkanes) is 1. The molecular formula is C20H29NO2. The average molecular weight is 315 g/mol. The molecule has 0 aliphatic carbocycles. The van der Waals surface area contributed by atoms with E-state index in [4.69, 9.17) is 9.47 Å². The molecule has 0 fully saturated rings. The van der Waals surface area contributed by atoms with Crippen molar-refractivity contribution in [2.45, 2.75) is 53.4 Å². The quantitative estimate of drug-likeness (QED) is 0.563. The van der Waals surface area contributed by atoms with Crippen molar-refractivity contribution >= 4 is 5.57 Å². The van der Waals surface area contributed by atoms with E-state index in [9.17, 15) is 5.26 Å². The molecule has 1 unspecified atom stereocenters. The van der Waals surface area contributed by atoms with Crippen LogP contribution in [0, 0.1) is 24.2 Å². The van der Waals surface area contributed by atoms with Crippen LogP contribution >= 0.6 is 0 Å². The molecule has 0 heterocycles. The second kappa shape index (κ2) is 9.94. The molecule has 0 radical (unpaired) electrons. The highest BCUT2D eigenvalue weighted by molar-refractivity contribution is 5.81. The number of nitrogens with zero attached hydrogens (tertiary/aromatic N) is 1. The molecule has 0 aliphatic rings. The van der Waals surface area contributed by atoms with Gasteiger partial charge < -0.3 is 9.47 Å². The minimum atomic E-state index is 0.557. The van der Waals surface area contributed by atoms with Crippen LogP contribution in [0.15, 0.2) is 18.2 Å². The fraction of sp³-hybridized carbons (Fsp3) is 0.550. The molecule has 0 aromatic heterocycles. The molecule has 0 saturated carbocycles. The summed E-state index contributed by atoms with van der Waals surface area (Å²) in [5.74, 6) is 2.11. The molecule has 1 atom stereocenters. The Morgan fingerprint density at radius 1 is 1.30 bits per heavy atom. The van der Waals surface area contributed by atoms with Crippen LogP contribution in [0.5, 0.6) is 11.5 Å². The molecule has 1 aromatic carbocycles. The number of hydrogen-bond acceptors (Lipinski definition) is 3. The Morgan fingerprint density at radius 2 is 2.04 bits per heavy atom. The van der Waals surface area contributed by atoms with Crippen molar-refractivity contribution in [3.05, 3.63) is 29.3 Å². The molecule has 23 heavy (non-hydrogen) atoms. The number of nitriles is 1. The lowest BCUT2D eigenvalue weighted by molar-refractivity contribution is 0.232. The van der Waals surface area contributed by atoms with E-state index in [0.717, 1.165) is 29.0 Å². The lowest BCUT2D eigenvalue weighted by atomic mass is 10.00. The van der Waals surface area contributed by atoms with Crippen LogP contribution < -0.4 is 9.47 Å². The normalized spacial score (nSPS) is 12.6. The Morgan fingerprint density at radius 3 is 2.57 bits per heavy atom. The predicted octanol–water partition coefficient (Wildman–Crippen LogP) is 5.53. The predicted molar refractivity (Wildman–Crippen MR) is 95.8 cm³/mol. The number of ether oxygens (including phenoxy) is 2. The summed E-state index contributed by atoms with van der Waals surface area (Å²) in [6, 6.07) is 6.11. The van der Waals surface area contributed by atoms with E-state index in [1.807, 2.05) is 32.1 Å². The molecule has 0 spiro atoms. The maximum Gasteiger partial charge on any atom is 0.128 e. The zero-order valence-electron chi connectivity index (χ0n) is 15.1. The molecule has 0 N–H and O–H groups in total. The molecular weight excluding hydrogens is 286 g/mol. The van der Waals surface area contributed by atoms with Crippen LogP contribution in [0.25, 0.3) is 5.57 Å². The minimum absolute atomic E-state index is 0.557. The fourth-order valence-electron chi connectivity index (χ4n) is 2.60. The summed E-state index contributed by atoms with van der Waals surface area (Å²) in [6.45, 7) is 8.97. The third-order valence-corrected chi connectivity index (χ3v) is 4.21. The van der Waals surface area contributed by atoms with Crippen molar-refractivity contribution in [1.82, 2.24) is 0 Å². The zero-order chi connectivity index (χ0) is 17.2. The Kier molecular flexibility index (Phi) is 8.26. The summed E-state index contributed by atoms with van der Waals surface area (Å²) in [5.41, 5.74) is 2.43. The molecule has 126 valence electrons. The molecule has 0 bridgehead atoms. The highest BCUT2D eigenvalue weighted by atomic mass is 16.5. The summed E-state index contributed by atoms with van der Waals surface area (Å²) in [5, 5.41) is 9.36. The smallest absolute Gasteiger partial charge is 0.128 e.